The molecule has 0 saturated carbocycles. The first kappa shape index (κ1) is 9.46. The Morgan fingerprint density at radius 3 is 2.83 bits per heavy atom. The Kier molecular flexibility index (Phi) is 3.48. The predicted molar refractivity (Wildman–Crippen MR) is 53.1 cm³/mol. The average Bonchev–Trinajstić information content (AvgIpc) is 2.43. The van der Waals surface area contributed by atoms with Gasteiger partial charge in [-0.2, -0.15) is 0 Å². The molecule has 0 bridgehead atoms. The highest BCUT2D eigenvalue weighted by molar-refractivity contribution is 7.12. The molecule has 0 unspecified atom stereocenters. The summed E-state index contributed by atoms with van der Waals surface area (Å²) in [5.74, 6) is 0. The molecule has 0 radical (unpaired) electrons. The number of unbranched alkanes of at least 4 members (excludes halogenated alkanes) is 1. The Balaban J connectivity index is 2.68. The molecule has 0 aliphatic carbocycles. The van der Waals surface area contributed by atoms with Gasteiger partial charge in [-0.25, -0.2) is 0 Å². The van der Waals surface area contributed by atoms with Crippen molar-refractivity contribution in [1.29, 1.82) is 0 Å². The fourth-order valence-corrected chi connectivity index (χ4v) is 2.20. The van der Waals surface area contributed by atoms with Crippen LogP contribution in [0.3, 0.4) is 0 Å². The van der Waals surface area contributed by atoms with E-state index in [0.29, 0.717) is 0 Å². The summed E-state index contributed by atoms with van der Waals surface area (Å²) in [6.45, 7) is 4.19. The van der Waals surface area contributed by atoms with Crippen LogP contribution in [0.15, 0.2) is 6.07 Å². The average molecular weight is 182 g/mol. The molecule has 1 aromatic rings. The van der Waals surface area contributed by atoms with E-state index < -0.39 is 0 Å². The van der Waals surface area contributed by atoms with Crippen molar-refractivity contribution in [1.82, 2.24) is 0 Å². The second-order valence-electron chi connectivity index (χ2n) is 2.95. The van der Waals surface area contributed by atoms with Gasteiger partial charge in [0, 0.05) is 15.3 Å². The van der Waals surface area contributed by atoms with E-state index in [9.17, 15) is 4.79 Å². The topological polar surface area (TPSA) is 17.1 Å². The molecule has 1 aromatic heterocycles. The Bertz CT molecular complexity index is 263. The molecule has 0 amide bonds. The van der Waals surface area contributed by atoms with Gasteiger partial charge < -0.3 is 0 Å². The van der Waals surface area contributed by atoms with Crippen molar-refractivity contribution in [2.24, 2.45) is 0 Å². The molecule has 0 atom stereocenters. The zero-order valence-electron chi connectivity index (χ0n) is 7.59. The van der Waals surface area contributed by atoms with Crippen molar-refractivity contribution in [3.05, 3.63) is 21.4 Å². The van der Waals surface area contributed by atoms with Gasteiger partial charge in [0.1, 0.15) is 0 Å². The minimum atomic E-state index is 0.867. The van der Waals surface area contributed by atoms with E-state index >= 15 is 0 Å². The minimum absolute atomic E-state index is 0.867. The van der Waals surface area contributed by atoms with Crippen molar-refractivity contribution in [3.63, 3.8) is 0 Å². The van der Waals surface area contributed by atoms with Crippen LogP contribution in [0, 0.1) is 6.92 Å². The molecule has 12 heavy (non-hydrogen) atoms. The predicted octanol–water partition coefficient (Wildman–Crippen LogP) is 3.21. The second kappa shape index (κ2) is 4.41. The molecule has 66 valence electrons. The molecule has 0 N–H and O–H groups in total. The number of aryl methyl sites for hydroxylation is 2. The lowest BCUT2D eigenvalue weighted by Gasteiger charge is -1.91. The van der Waals surface area contributed by atoms with E-state index in [1.54, 1.807) is 11.3 Å². The van der Waals surface area contributed by atoms with Gasteiger partial charge >= 0.3 is 0 Å². The number of carbonyl (C=O) groups excluding carboxylic acids is 1. The summed E-state index contributed by atoms with van der Waals surface area (Å²) >= 11 is 1.75. The Labute approximate surface area is 77.4 Å². The standard InChI is InChI=1S/C10H14OS/c1-3-4-5-10-6-9(7-11)8(2)12-10/h6-7H,3-5H2,1-2H3. The zero-order valence-corrected chi connectivity index (χ0v) is 8.41. The third-order valence-corrected chi connectivity index (χ3v) is 3.04. The highest BCUT2D eigenvalue weighted by atomic mass is 32.1. The van der Waals surface area contributed by atoms with Crippen molar-refractivity contribution < 1.29 is 4.79 Å². The van der Waals surface area contributed by atoms with Gasteiger partial charge in [0.15, 0.2) is 6.29 Å². The van der Waals surface area contributed by atoms with Crippen LogP contribution in [0.4, 0.5) is 0 Å². The van der Waals surface area contributed by atoms with Gasteiger partial charge in [0.25, 0.3) is 0 Å². The zero-order chi connectivity index (χ0) is 8.97. The SMILES string of the molecule is CCCCc1cc(C=O)c(C)s1. The number of aldehydes is 1. The molecule has 0 aliphatic heterocycles. The number of thiophene rings is 1. The summed E-state index contributed by atoms with van der Waals surface area (Å²) in [5.41, 5.74) is 0.867. The van der Waals surface area contributed by atoms with Gasteiger partial charge in [0.05, 0.1) is 0 Å². The molecule has 0 aromatic carbocycles. The van der Waals surface area contributed by atoms with E-state index in [2.05, 4.69) is 6.92 Å². The summed E-state index contributed by atoms with van der Waals surface area (Å²) in [7, 11) is 0. The van der Waals surface area contributed by atoms with Crippen LogP contribution in [-0.4, -0.2) is 6.29 Å². The number of carbonyl (C=O) groups is 1. The monoisotopic (exact) mass is 182 g/mol. The molecular formula is C10H14OS. The lowest BCUT2D eigenvalue weighted by molar-refractivity contribution is 0.112. The summed E-state index contributed by atoms with van der Waals surface area (Å²) in [4.78, 5) is 13.0. The summed E-state index contributed by atoms with van der Waals surface area (Å²) in [6, 6.07) is 2.02. The van der Waals surface area contributed by atoms with Crippen LogP contribution in [0.25, 0.3) is 0 Å². The Morgan fingerprint density at radius 1 is 1.58 bits per heavy atom. The van der Waals surface area contributed by atoms with Crippen molar-refractivity contribution >= 4 is 17.6 Å². The van der Waals surface area contributed by atoms with E-state index in [1.165, 1.54) is 17.7 Å². The highest BCUT2D eigenvalue weighted by Crippen LogP contribution is 2.21. The first-order chi connectivity index (χ1) is 5.77. The smallest absolute Gasteiger partial charge is 0.151 e. The first-order valence-corrected chi connectivity index (χ1v) is 5.14. The number of rotatable bonds is 4. The van der Waals surface area contributed by atoms with Crippen LogP contribution >= 0.6 is 11.3 Å². The maximum Gasteiger partial charge on any atom is 0.151 e. The quantitative estimate of drug-likeness (QED) is 0.653. The third kappa shape index (κ3) is 2.18. The van der Waals surface area contributed by atoms with Crippen LogP contribution in [0.1, 0.15) is 39.9 Å². The van der Waals surface area contributed by atoms with Crippen molar-refractivity contribution in [2.75, 3.05) is 0 Å². The van der Waals surface area contributed by atoms with Gasteiger partial charge in [-0.3, -0.25) is 4.79 Å². The minimum Gasteiger partial charge on any atom is -0.298 e. The van der Waals surface area contributed by atoms with Crippen molar-refractivity contribution in [3.8, 4) is 0 Å². The van der Waals surface area contributed by atoms with E-state index in [4.69, 9.17) is 0 Å². The molecule has 0 spiro atoms. The van der Waals surface area contributed by atoms with Crippen LogP contribution in [-0.2, 0) is 6.42 Å². The van der Waals surface area contributed by atoms with Crippen molar-refractivity contribution in [2.45, 2.75) is 33.1 Å². The lowest BCUT2D eigenvalue weighted by atomic mass is 10.2. The number of hydrogen-bond acceptors (Lipinski definition) is 2. The molecule has 0 fully saturated rings. The molecule has 2 heteroatoms. The second-order valence-corrected chi connectivity index (χ2v) is 4.29. The van der Waals surface area contributed by atoms with Gasteiger partial charge in [0.2, 0.25) is 0 Å². The normalized spacial score (nSPS) is 10.2. The molecular weight excluding hydrogens is 168 g/mol. The highest BCUT2D eigenvalue weighted by Gasteiger charge is 2.02. The van der Waals surface area contributed by atoms with Crippen LogP contribution in [0.5, 0.6) is 0 Å². The van der Waals surface area contributed by atoms with E-state index in [0.717, 1.165) is 23.1 Å². The fraction of sp³-hybridized carbons (Fsp3) is 0.500. The largest absolute Gasteiger partial charge is 0.298 e. The molecule has 1 heterocycles. The molecule has 0 aliphatic rings. The third-order valence-electron chi connectivity index (χ3n) is 1.91. The number of hydrogen-bond donors (Lipinski definition) is 0. The fourth-order valence-electron chi connectivity index (χ4n) is 1.15. The lowest BCUT2D eigenvalue weighted by Crippen LogP contribution is -1.78. The first-order valence-electron chi connectivity index (χ1n) is 4.32. The molecule has 1 nitrogen and oxygen atoms in total. The van der Waals surface area contributed by atoms with Gasteiger partial charge in [-0.1, -0.05) is 13.3 Å². The Morgan fingerprint density at radius 2 is 2.33 bits per heavy atom. The van der Waals surface area contributed by atoms with E-state index in [-0.39, 0.29) is 0 Å². The maximum absolute atomic E-state index is 10.5. The Hall–Kier alpha value is -0.630. The molecule has 0 saturated heterocycles. The van der Waals surface area contributed by atoms with Gasteiger partial charge in [-0.05, 0) is 25.8 Å². The molecule has 1 rings (SSSR count). The summed E-state index contributed by atoms with van der Waals surface area (Å²) in [5, 5.41) is 0. The van der Waals surface area contributed by atoms with Crippen LogP contribution < -0.4 is 0 Å². The van der Waals surface area contributed by atoms with E-state index in [1.807, 2.05) is 13.0 Å². The maximum atomic E-state index is 10.5. The van der Waals surface area contributed by atoms with Gasteiger partial charge in [-0.15, -0.1) is 11.3 Å². The van der Waals surface area contributed by atoms with Crippen LogP contribution in [0.2, 0.25) is 0 Å². The summed E-state index contributed by atoms with van der Waals surface area (Å²) in [6.07, 6.45) is 4.50. The summed E-state index contributed by atoms with van der Waals surface area (Å²) < 4.78 is 0.